The summed E-state index contributed by atoms with van der Waals surface area (Å²) < 4.78 is 0. The fourth-order valence-corrected chi connectivity index (χ4v) is 1.37. The smallest absolute Gasteiger partial charge is 0.305 e. The van der Waals surface area contributed by atoms with Gasteiger partial charge in [-0.2, -0.15) is 0 Å². The van der Waals surface area contributed by atoms with E-state index in [0.29, 0.717) is 0 Å². The summed E-state index contributed by atoms with van der Waals surface area (Å²) >= 11 is 0. The van der Waals surface area contributed by atoms with E-state index in [-0.39, 0.29) is 25.3 Å². The van der Waals surface area contributed by atoms with E-state index in [4.69, 9.17) is 5.11 Å². The van der Waals surface area contributed by atoms with Crippen molar-refractivity contribution >= 4 is 11.9 Å². The van der Waals surface area contributed by atoms with Gasteiger partial charge in [0.25, 0.3) is 0 Å². The molecule has 17 heavy (non-hydrogen) atoms. The van der Waals surface area contributed by atoms with E-state index in [1.807, 2.05) is 19.1 Å². The third kappa shape index (κ3) is 4.22. The zero-order chi connectivity index (χ0) is 12.8. The highest BCUT2D eigenvalue weighted by Crippen LogP contribution is 2.05. The van der Waals surface area contributed by atoms with E-state index < -0.39 is 5.97 Å². The number of carbonyl (C=O) groups excluding carboxylic acids is 1. The normalized spacial score (nSPS) is 10.0. The molecule has 0 spiro atoms. The zero-order valence-corrected chi connectivity index (χ0v) is 10.0. The molecule has 5 heteroatoms. The van der Waals surface area contributed by atoms with Gasteiger partial charge >= 0.3 is 5.97 Å². The van der Waals surface area contributed by atoms with Crippen molar-refractivity contribution in [2.45, 2.75) is 19.8 Å². The average Bonchev–Trinajstić information content (AvgIpc) is 2.28. The van der Waals surface area contributed by atoms with Crippen LogP contribution in [0, 0.1) is 6.92 Å². The quantitative estimate of drug-likeness (QED) is 0.823. The number of nitrogens with zero attached hydrogens (tertiary/aromatic N) is 2. The Morgan fingerprint density at radius 2 is 2.18 bits per heavy atom. The van der Waals surface area contributed by atoms with Crippen molar-refractivity contribution in [3.8, 4) is 0 Å². The molecular weight excluding hydrogens is 220 g/mol. The van der Waals surface area contributed by atoms with Crippen LogP contribution in [0.15, 0.2) is 18.3 Å². The molecule has 0 saturated heterocycles. The molecule has 0 saturated carbocycles. The molecule has 1 amide bonds. The molecule has 0 aliphatic carbocycles. The number of aryl methyl sites for hydroxylation is 1. The predicted molar refractivity (Wildman–Crippen MR) is 62.6 cm³/mol. The summed E-state index contributed by atoms with van der Waals surface area (Å²) in [5.74, 6) is -1.02. The van der Waals surface area contributed by atoms with Gasteiger partial charge in [0, 0.05) is 19.8 Å². The summed E-state index contributed by atoms with van der Waals surface area (Å²) in [5.41, 5.74) is 1.70. The molecule has 1 aromatic rings. The lowest BCUT2D eigenvalue weighted by Gasteiger charge is -2.16. The van der Waals surface area contributed by atoms with Crippen LogP contribution in [0.2, 0.25) is 0 Å². The van der Waals surface area contributed by atoms with Crippen molar-refractivity contribution in [1.29, 1.82) is 0 Å². The number of pyridine rings is 1. The highest BCUT2D eigenvalue weighted by Gasteiger charge is 2.12. The lowest BCUT2D eigenvalue weighted by atomic mass is 10.1. The molecule has 0 atom stereocenters. The first-order valence-electron chi connectivity index (χ1n) is 5.37. The molecule has 0 radical (unpaired) electrons. The van der Waals surface area contributed by atoms with E-state index in [1.165, 1.54) is 4.90 Å². The maximum atomic E-state index is 11.8. The number of aliphatic carboxylic acids is 1. The Hall–Kier alpha value is -1.91. The summed E-state index contributed by atoms with van der Waals surface area (Å²) in [4.78, 5) is 27.7. The van der Waals surface area contributed by atoms with Crippen LogP contribution < -0.4 is 0 Å². The van der Waals surface area contributed by atoms with Crippen LogP contribution in [0.3, 0.4) is 0 Å². The lowest BCUT2D eigenvalue weighted by molar-refractivity contribution is -0.138. The second kappa shape index (κ2) is 5.98. The van der Waals surface area contributed by atoms with Gasteiger partial charge in [0.05, 0.1) is 18.5 Å². The summed E-state index contributed by atoms with van der Waals surface area (Å²) in [6.45, 7) is 2.12. The van der Waals surface area contributed by atoms with Gasteiger partial charge in [0.1, 0.15) is 0 Å². The minimum absolute atomic E-state index is 0.0383. The fourth-order valence-electron chi connectivity index (χ4n) is 1.37. The molecule has 0 aromatic carbocycles. The zero-order valence-electron chi connectivity index (χ0n) is 10.0. The molecule has 0 aliphatic rings. The third-order valence-electron chi connectivity index (χ3n) is 2.52. The van der Waals surface area contributed by atoms with E-state index in [2.05, 4.69) is 4.98 Å². The molecule has 0 unspecified atom stereocenters. The molecule has 92 valence electrons. The topological polar surface area (TPSA) is 70.5 Å². The Labute approximate surface area is 100 Å². The largest absolute Gasteiger partial charge is 0.481 e. The second-order valence-electron chi connectivity index (χ2n) is 3.90. The second-order valence-corrected chi connectivity index (χ2v) is 3.90. The monoisotopic (exact) mass is 236 g/mol. The number of carboxylic acids is 1. The van der Waals surface area contributed by atoms with Crippen LogP contribution in [0.5, 0.6) is 0 Å². The Morgan fingerprint density at radius 3 is 2.76 bits per heavy atom. The fraction of sp³-hybridized carbons (Fsp3) is 0.417. The van der Waals surface area contributed by atoms with Crippen LogP contribution in [0.1, 0.15) is 17.7 Å². The molecule has 0 bridgehead atoms. The minimum atomic E-state index is -0.904. The van der Waals surface area contributed by atoms with E-state index in [0.717, 1.165) is 11.3 Å². The lowest BCUT2D eigenvalue weighted by Crippen LogP contribution is -2.30. The summed E-state index contributed by atoms with van der Waals surface area (Å²) in [7, 11) is 1.60. The van der Waals surface area contributed by atoms with Gasteiger partial charge in [-0.3, -0.25) is 14.6 Å². The number of hydrogen-bond acceptors (Lipinski definition) is 3. The maximum Gasteiger partial charge on any atom is 0.305 e. The van der Waals surface area contributed by atoms with Crippen molar-refractivity contribution in [3.63, 3.8) is 0 Å². The van der Waals surface area contributed by atoms with Crippen LogP contribution in [-0.2, 0) is 16.0 Å². The highest BCUT2D eigenvalue weighted by molar-refractivity contribution is 5.79. The maximum absolute atomic E-state index is 11.8. The van der Waals surface area contributed by atoms with Crippen LogP contribution in [-0.4, -0.2) is 40.5 Å². The van der Waals surface area contributed by atoms with E-state index in [1.54, 1.807) is 13.2 Å². The standard InChI is InChI=1S/C12H16N2O3/c1-9-4-3-6-13-10(9)8-11(15)14(2)7-5-12(16)17/h3-4,6H,5,7-8H2,1-2H3,(H,16,17). The number of hydrogen-bond donors (Lipinski definition) is 1. The van der Waals surface area contributed by atoms with Crippen molar-refractivity contribution in [3.05, 3.63) is 29.6 Å². The first-order chi connectivity index (χ1) is 8.00. The highest BCUT2D eigenvalue weighted by atomic mass is 16.4. The van der Waals surface area contributed by atoms with Gasteiger partial charge in [-0.15, -0.1) is 0 Å². The third-order valence-corrected chi connectivity index (χ3v) is 2.52. The molecule has 1 heterocycles. The Bertz CT molecular complexity index is 418. The number of rotatable bonds is 5. The Balaban J connectivity index is 2.54. The number of carboxylic acid groups (broad SMARTS) is 1. The van der Waals surface area contributed by atoms with Crippen LogP contribution in [0.4, 0.5) is 0 Å². The molecule has 1 rings (SSSR count). The van der Waals surface area contributed by atoms with Gasteiger partial charge in [-0.05, 0) is 18.6 Å². The van der Waals surface area contributed by atoms with Gasteiger partial charge in [-0.25, -0.2) is 0 Å². The van der Waals surface area contributed by atoms with Gasteiger partial charge in [-0.1, -0.05) is 6.07 Å². The van der Waals surface area contributed by atoms with E-state index in [9.17, 15) is 9.59 Å². The number of likely N-dealkylation sites (N-methyl/N-ethyl adjacent to an activating group) is 1. The molecule has 0 fully saturated rings. The van der Waals surface area contributed by atoms with Crippen LogP contribution >= 0.6 is 0 Å². The summed E-state index contributed by atoms with van der Waals surface area (Å²) in [6, 6.07) is 3.71. The predicted octanol–water partition coefficient (Wildman–Crippen LogP) is 0.866. The van der Waals surface area contributed by atoms with Crippen molar-refractivity contribution < 1.29 is 14.7 Å². The Morgan fingerprint density at radius 1 is 1.47 bits per heavy atom. The number of aromatic nitrogens is 1. The molecule has 1 N–H and O–H groups in total. The van der Waals surface area contributed by atoms with Crippen LogP contribution in [0.25, 0.3) is 0 Å². The minimum Gasteiger partial charge on any atom is -0.481 e. The van der Waals surface area contributed by atoms with Crippen molar-refractivity contribution in [1.82, 2.24) is 9.88 Å². The summed E-state index contributed by atoms with van der Waals surface area (Å²) in [5, 5.41) is 8.53. The van der Waals surface area contributed by atoms with Crippen molar-refractivity contribution in [2.24, 2.45) is 0 Å². The average molecular weight is 236 g/mol. The van der Waals surface area contributed by atoms with Gasteiger partial charge in [0.2, 0.25) is 5.91 Å². The number of amides is 1. The van der Waals surface area contributed by atoms with Crippen molar-refractivity contribution in [2.75, 3.05) is 13.6 Å². The first kappa shape index (κ1) is 13.2. The molecule has 5 nitrogen and oxygen atoms in total. The van der Waals surface area contributed by atoms with Gasteiger partial charge in [0.15, 0.2) is 0 Å². The molecular formula is C12H16N2O3. The summed E-state index contributed by atoms with van der Waals surface area (Å²) in [6.07, 6.45) is 1.82. The first-order valence-corrected chi connectivity index (χ1v) is 5.37. The van der Waals surface area contributed by atoms with E-state index >= 15 is 0 Å². The molecule has 0 aliphatic heterocycles. The number of carbonyl (C=O) groups is 2. The molecule has 1 aromatic heterocycles. The van der Waals surface area contributed by atoms with Gasteiger partial charge < -0.3 is 10.0 Å². The SMILES string of the molecule is Cc1cccnc1CC(=O)N(C)CCC(=O)O. The Kier molecular flexibility index (Phi) is 4.63.